The van der Waals surface area contributed by atoms with Gasteiger partial charge in [0, 0.05) is 30.9 Å². The standard InChI is InChI=1S/C14H16F3N3O2S/c1-20-7-6-19-12(20)13(22,14(15,16)17)9-11(21)18-5-4-10-3-2-8-23-10/h2-3,6-8,22H,4-5,9H2,1H3,(H,18,21)/t13-/m0/s1. The van der Waals surface area contributed by atoms with Crippen LogP contribution in [0.15, 0.2) is 29.9 Å². The smallest absolute Gasteiger partial charge is 0.374 e. The van der Waals surface area contributed by atoms with Gasteiger partial charge in [-0.25, -0.2) is 4.98 Å². The molecule has 5 nitrogen and oxygen atoms in total. The third kappa shape index (κ3) is 3.91. The Hall–Kier alpha value is -1.87. The third-order valence-electron chi connectivity index (χ3n) is 3.35. The summed E-state index contributed by atoms with van der Waals surface area (Å²) in [5.41, 5.74) is -3.32. The molecular weight excluding hydrogens is 331 g/mol. The Morgan fingerprint density at radius 1 is 1.48 bits per heavy atom. The molecule has 126 valence electrons. The highest BCUT2D eigenvalue weighted by molar-refractivity contribution is 7.09. The van der Waals surface area contributed by atoms with Gasteiger partial charge in [0.1, 0.15) is 0 Å². The minimum Gasteiger partial charge on any atom is -0.374 e. The van der Waals surface area contributed by atoms with E-state index in [1.54, 1.807) is 0 Å². The summed E-state index contributed by atoms with van der Waals surface area (Å²) in [7, 11) is 1.33. The molecule has 9 heteroatoms. The number of nitrogens with one attached hydrogen (secondary N) is 1. The largest absolute Gasteiger partial charge is 0.425 e. The summed E-state index contributed by atoms with van der Waals surface area (Å²) in [6.07, 6.45) is -3.21. The van der Waals surface area contributed by atoms with Gasteiger partial charge in [0.05, 0.1) is 6.42 Å². The van der Waals surface area contributed by atoms with Crippen molar-refractivity contribution in [3.05, 3.63) is 40.6 Å². The second kappa shape index (κ2) is 6.71. The summed E-state index contributed by atoms with van der Waals surface area (Å²) in [6.45, 7) is 0.202. The van der Waals surface area contributed by atoms with Crippen LogP contribution in [-0.2, 0) is 23.9 Å². The minimum absolute atomic E-state index is 0.202. The van der Waals surface area contributed by atoms with Gasteiger partial charge >= 0.3 is 6.18 Å². The first-order chi connectivity index (χ1) is 10.7. The van der Waals surface area contributed by atoms with Gasteiger partial charge in [-0.05, 0) is 17.9 Å². The molecule has 0 bridgehead atoms. The molecule has 0 aromatic carbocycles. The second-order valence-corrected chi connectivity index (χ2v) is 6.11. The molecule has 0 aliphatic carbocycles. The third-order valence-corrected chi connectivity index (χ3v) is 4.29. The highest BCUT2D eigenvalue weighted by Crippen LogP contribution is 2.40. The molecule has 2 N–H and O–H groups in total. The molecule has 1 atom stereocenters. The Labute approximate surface area is 134 Å². The number of thiophene rings is 1. The van der Waals surface area contributed by atoms with Gasteiger partial charge in [0.2, 0.25) is 11.5 Å². The first kappa shape index (κ1) is 17.5. The van der Waals surface area contributed by atoms with E-state index in [0.29, 0.717) is 6.42 Å². The quantitative estimate of drug-likeness (QED) is 0.840. The normalized spacial score (nSPS) is 14.5. The first-order valence-electron chi connectivity index (χ1n) is 6.80. The fourth-order valence-electron chi connectivity index (χ4n) is 2.14. The van der Waals surface area contributed by atoms with E-state index in [0.717, 1.165) is 15.6 Å². The number of rotatable bonds is 6. The van der Waals surface area contributed by atoms with Crippen LogP contribution in [0.3, 0.4) is 0 Å². The van der Waals surface area contributed by atoms with Gasteiger partial charge in [0.25, 0.3) is 0 Å². The number of amides is 1. The van der Waals surface area contributed by atoms with Crippen molar-refractivity contribution in [1.29, 1.82) is 0 Å². The molecule has 2 aromatic rings. The van der Waals surface area contributed by atoms with Gasteiger partial charge in [-0.15, -0.1) is 11.3 Å². The molecule has 0 fully saturated rings. The van der Waals surface area contributed by atoms with Crippen molar-refractivity contribution in [1.82, 2.24) is 14.9 Å². The predicted molar refractivity (Wildman–Crippen MR) is 78.8 cm³/mol. The topological polar surface area (TPSA) is 67.1 Å². The molecule has 0 unspecified atom stereocenters. The molecule has 2 aromatic heterocycles. The number of aryl methyl sites for hydroxylation is 1. The number of imidazole rings is 1. The lowest BCUT2D eigenvalue weighted by Crippen LogP contribution is -2.48. The molecule has 0 saturated carbocycles. The van der Waals surface area contributed by atoms with Crippen molar-refractivity contribution in [2.75, 3.05) is 6.54 Å². The van der Waals surface area contributed by atoms with Crippen molar-refractivity contribution < 1.29 is 23.1 Å². The van der Waals surface area contributed by atoms with Gasteiger partial charge in [0.15, 0.2) is 5.82 Å². The number of halogens is 3. The highest BCUT2D eigenvalue weighted by Gasteiger charge is 2.58. The maximum atomic E-state index is 13.3. The van der Waals surface area contributed by atoms with Crippen LogP contribution in [0.4, 0.5) is 13.2 Å². The molecule has 0 aliphatic heterocycles. The molecular formula is C14H16F3N3O2S. The molecule has 2 rings (SSSR count). The Balaban J connectivity index is 2.03. The van der Waals surface area contributed by atoms with Crippen LogP contribution in [0.25, 0.3) is 0 Å². The summed E-state index contributed by atoms with van der Waals surface area (Å²) >= 11 is 1.50. The number of carbonyl (C=O) groups is 1. The lowest BCUT2D eigenvalue weighted by molar-refractivity contribution is -0.271. The summed E-state index contributed by atoms with van der Waals surface area (Å²) in [6, 6.07) is 3.72. The maximum Gasteiger partial charge on any atom is 0.425 e. The Morgan fingerprint density at radius 3 is 2.74 bits per heavy atom. The molecule has 0 spiro atoms. The van der Waals surface area contributed by atoms with E-state index in [1.165, 1.54) is 24.6 Å². The van der Waals surface area contributed by atoms with Crippen LogP contribution in [0.1, 0.15) is 17.1 Å². The Morgan fingerprint density at radius 2 is 2.22 bits per heavy atom. The predicted octanol–water partition coefficient (Wildman–Crippen LogP) is 1.98. The number of carbonyl (C=O) groups excluding carboxylic acids is 1. The monoisotopic (exact) mass is 347 g/mol. The van der Waals surface area contributed by atoms with Crippen LogP contribution in [-0.4, -0.2) is 33.3 Å². The lowest BCUT2D eigenvalue weighted by atomic mass is 9.97. The molecule has 0 aliphatic rings. The zero-order valence-corrected chi connectivity index (χ0v) is 13.1. The lowest BCUT2D eigenvalue weighted by Gasteiger charge is -2.29. The summed E-state index contributed by atoms with van der Waals surface area (Å²) < 4.78 is 40.9. The molecule has 23 heavy (non-hydrogen) atoms. The first-order valence-corrected chi connectivity index (χ1v) is 7.68. The Kier molecular flexibility index (Phi) is 5.10. The van der Waals surface area contributed by atoms with Gasteiger partial charge in [-0.3, -0.25) is 4.79 Å². The maximum absolute atomic E-state index is 13.3. The van der Waals surface area contributed by atoms with E-state index in [1.807, 2.05) is 17.5 Å². The average molecular weight is 347 g/mol. The van der Waals surface area contributed by atoms with Crippen LogP contribution < -0.4 is 5.32 Å². The van der Waals surface area contributed by atoms with E-state index in [4.69, 9.17) is 0 Å². The van der Waals surface area contributed by atoms with Crippen molar-refractivity contribution in [3.63, 3.8) is 0 Å². The number of hydrogen-bond donors (Lipinski definition) is 2. The van der Waals surface area contributed by atoms with Gasteiger partial charge < -0.3 is 15.0 Å². The number of aliphatic hydroxyl groups is 1. The fraction of sp³-hybridized carbons (Fsp3) is 0.429. The van der Waals surface area contributed by atoms with Crippen LogP contribution in [0.5, 0.6) is 0 Å². The van der Waals surface area contributed by atoms with Crippen LogP contribution in [0.2, 0.25) is 0 Å². The van der Waals surface area contributed by atoms with E-state index < -0.39 is 29.9 Å². The molecule has 0 saturated heterocycles. The number of aromatic nitrogens is 2. The fourth-order valence-corrected chi connectivity index (χ4v) is 2.85. The molecule has 2 heterocycles. The summed E-state index contributed by atoms with van der Waals surface area (Å²) in [4.78, 5) is 16.4. The number of alkyl halides is 3. The van der Waals surface area contributed by atoms with E-state index in [2.05, 4.69) is 10.3 Å². The number of nitrogens with zero attached hydrogens (tertiary/aromatic N) is 2. The van der Waals surface area contributed by atoms with E-state index >= 15 is 0 Å². The zero-order valence-electron chi connectivity index (χ0n) is 12.3. The van der Waals surface area contributed by atoms with Crippen molar-refractivity contribution in [2.45, 2.75) is 24.6 Å². The average Bonchev–Trinajstić information content (AvgIpc) is 3.08. The van der Waals surface area contributed by atoms with Crippen LogP contribution in [0, 0.1) is 0 Å². The minimum atomic E-state index is -5.02. The molecule has 0 radical (unpaired) electrons. The van der Waals surface area contributed by atoms with Crippen molar-refractivity contribution in [2.24, 2.45) is 7.05 Å². The van der Waals surface area contributed by atoms with Crippen LogP contribution >= 0.6 is 11.3 Å². The molecule has 1 amide bonds. The second-order valence-electron chi connectivity index (χ2n) is 5.08. The van der Waals surface area contributed by atoms with Gasteiger partial charge in [-0.1, -0.05) is 6.07 Å². The summed E-state index contributed by atoms with van der Waals surface area (Å²) in [5, 5.41) is 14.4. The SMILES string of the molecule is Cn1ccnc1[C@@](O)(CC(=O)NCCc1cccs1)C(F)(F)F. The van der Waals surface area contributed by atoms with E-state index in [-0.39, 0.29) is 6.54 Å². The number of hydrogen-bond acceptors (Lipinski definition) is 4. The van der Waals surface area contributed by atoms with Gasteiger partial charge in [-0.2, -0.15) is 13.2 Å². The van der Waals surface area contributed by atoms with Crippen molar-refractivity contribution >= 4 is 17.2 Å². The summed E-state index contributed by atoms with van der Waals surface area (Å²) in [5.74, 6) is -1.50. The Bertz CT molecular complexity index is 655. The van der Waals surface area contributed by atoms with E-state index in [9.17, 15) is 23.1 Å². The van der Waals surface area contributed by atoms with Crippen molar-refractivity contribution in [3.8, 4) is 0 Å². The highest BCUT2D eigenvalue weighted by atomic mass is 32.1. The zero-order chi connectivity index (χ0) is 17.1.